The summed E-state index contributed by atoms with van der Waals surface area (Å²) in [4.78, 5) is 24.2. The zero-order chi connectivity index (χ0) is 23.9. The summed E-state index contributed by atoms with van der Waals surface area (Å²) in [6.45, 7) is 1.47. The Hall–Kier alpha value is -3.91. The Labute approximate surface area is 202 Å². The molecule has 3 aromatic carbocycles. The van der Waals surface area contributed by atoms with Gasteiger partial charge in [-0.3, -0.25) is 9.59 Å². The third-order valence-electron chi connectivity index (χ3n) is 5.18. The molecule has 0 aliphatic rings. The number of anilines is 1. The molecule has 2 N–H and O–H groups in total. The van der Waals surface area contributed by atoms with E-state index in [4.69, 9.17) is 0 Å². The topological polar surface area (TPSA) is 88.9 Å². The van der Waals surface area contributed by atoms with Gasteiger partial charge in [0.25, 0.3) is 0 Å². The number of nitrogens with zero attached hydrogens (tertiary/aromatic N) is 3. The average Bonchev–Trinajstić information content (AvgIpc) is 3.22. The second kappa shape index (κ2) is 10.8. The van der Waals surface area contributed by atoms with Crippen LogP contribution in [0, 0.1) is 0 Å². The monoisotopic (exact) mass is 471 g/mol. The van der Waals surface area contributed by atoms with Crippen LogP contribution in [0.5, 0.6) is 0 Å². The summed E-state index contributed by atoms with van der Waals surface area (Å²) in [5.74, 6) is 0.622. The minimum Gasteiger partial charge on any atom is -0.344 e. The van der Waals surface area contributed by atoms with Crippen molar-refractivity contribution in [2.24, 2.45) is 7.05 Å². The van der Waals surface area contributed by atoms with E-state index in [1.807, 2.05) is 96.5 Å². The van der Waals surface area contributed by atoms with Crippen LogP contribution < -0.4 is 10.6 Å². The molecule has 0 radical (unpaired) electrons. The van der Waals surface area contributed by atoms with E-state index < -0.39 is 0 Å². The summed E-state index contributed by atoms with van der Waals surface area (Å²) in [5.41, 5.74) is 3.55. The first-order valence-electron chi connectivity index (χ1n) is 10.8. The Morgan fingerprint density at radius 1 is 0.912 bits per heavy atom. The molecular weight excluding hydrogens is 446 g/mol. The Kier molecular flexibility index (Phi) is 7.39. The number of aromatic nitrogens is 3. The number of benzene rings is 3. The highest BCUT2D eigenvalue weighted by Gasteiger charge is 2.18. The minimum atomic E-state index is -0.234. The van der Waals surface area contributed by atoms with Crippen LogP contribution in [0.4, 0.5) is 5.69 Å². The van der Waals surface area contributed by atoms with Gasteiger partial charge in [0.1, 0.15) is 0 Å². The smallest absolute Gasteiger partial charge is 0.231 e. The lowest BCUT2D eigenvalue weighted by Gasteiger charge is -2.19. The maximum atomic E-state index is 12.9. The Morgan fingerprint density at radius 2 is 1.56 bits per heavy atom. The van der Waals surface area contributed by atoms with Crippen LogP contribution in [0.2, 0.25) is 0 Å². The molecule has 7 nitrogen and oxygen atoms in total. The zero-order valence-electron chi connectivity index (χ0n) is 18.9. The van der Waals surface area contributed by atoms with Crippen LogP contribution in [0.1, 0.15) is 24.1 Å². The van der Waals surface area contributed by atoms with Crippen LogP contribution in [0.25, 0.3) is 11.4 Å². The van der Waals surface area contributed by atoms with Crippen LogP contribution in [-0.4, -0.2) is 32.3 Å². The maximum Gasteiger partial charge on any atom is 0.231 e. The number of hydrogen-bond acceptors (Lipinski definition) is 5. The van der Waals surface area contributed by atoms with Gasteiger partial charge in [-0.25, -0.2) is 0 Å². The van der Waals surface area contributed by atoms with Crippen molar-refractivity contribution in [1.29, 1.82) is 0 Å². The number of rotatable bonds is 8. The van der Waals surface area contributed by atoms with E-state index >= 15 is 0 Å². The number of hydrogen-bond donors (Lipinski definition) is 2. The predicted molar refractivity (Wildman–Crippen MR) is 134 cm³/mol. The van der Waals surface area contributed by atoms with E-state index in [1.165, 1.54) is 18.7 Å². The summed E-state index contributed by atoms with van der Waals surface area (Å²) in [6.07, 6.45) is 0. The van der Waals surface area contributed by atoms with E-state index in [-0.39, 0.29) is 23.6 Å². The van der Waals surface area contributed by atoms with E-state index in [9.17, 15) is 9.59 Å². The molecule has 1 heterocycles. The van der Waals surface area contributed by atoms with E-state index in [0.29, 0.717) is 16.7 Å². The number of thioether (sulfide) groups is 1. The quantitative estimate of drug-likeness (QED) is 0.371. The average molecular weight is 472 g/mol. The van der Waals surface area contributed by atoms with Gasteiger partial charge in [0, 0.05) is 25.2 Å². The molecule has 172 valence electrons. The molecule has 4 aromatic rings. The fraction of sp³-hybridized carbons (Fsp3) is 0.154. The second-order valence-corrected chi connectivity index (χ2v) is 8.68. The molecule has 0 saturated carbocycles. The highest BCUT2D eigenvalue weighted by molar-refractivity contribution is 7.99. The second-order valence-electron chi connectivity index (χ2n) is 7.74. The van der Waals surface area contributed by atoms with Crippen molar-refractivity contribution in [2.75, 3.05) is 11.1 Å². The van der Waals surface area contributed by atoms with Gasteiger partial charge in [-0.15, -0.1) is 10.2 Å². The lowest BCUT2D eigenvalue weighted by atomic mass is 9.99. The molecule has 8 heteroatoms. The first kappa shape index (κ1) is 23.3. The molecule has 0 bridgehead atoms. The van der Waals surface area contributed by atoms with Gasteiger partial charge >= 0.3 is 0 Å². The molecule has 0 unspecified atom stereocenters. The molecule has 0 saturated heterocycles. The molecule has 0 fully saturated rings. The first-order valence-corrected chi connectivity index (χ1v) is 11.8. The molecule has 1 aromatic heterocycles. The Balaban J connectivity index is 1.45. The van der Waals surface area contributed by atoms with Gasteiger partial charge in [-0.1, -0.05) is 84.6 Å². The van der Waals surface area contributed by atoms with Gasteiger partial charge in [0.05, 0.1) is 11.8 Å². The van der Waals surface area contributed by atoms with Crippen molar-refractivity contribution in [1.82, 2.24) is 20.1 Å². The number of nitrogens with one attached hydrogen (secondary N) is 2. The Bertz CT molecular complexity index is 1240. The van der Waals surface area contributed by atoms with Crippen molar-refractivity contribution in [3.8, 4) is 11.4 Å². The highest BCUT2D eigenvalue weighted by Crippen LogP contribution is 2.26. The van der Waals surface area contributed by atoms with E-state index in [2.05, 4.69) is 20.8 Å². The lowest BCUT2D eigenvalue weighted by molar-refractivity contribution is -0.119. The van der Waals surface area contributed by atoms with E-state index in [0.717, 1.165) is 16.7 Å². The lowest BCUT2D eigenvalue weighted by Crippen LogP contribution is -2.30. The van der Waals surface area contributed by atoms with Gasteiger partial charge in [0.2, 0.25) is 11.8 Å². The molecule has 34 heavy (non-hydrogen) atoms. The highest BCUT2D eigenvalue weighted by atomic mass is 32.2. The van der Waals surface area contributed by atoms with E-state index in [1.54, 1.807) is 0 Å². The van der Waals surface area contributed by atoms with Crippen LogP contribution in [0.3, 0.4) is 0 Å². The van der Waals surface area contributed by atoms with Crippen molar-refractivity contribution in [3.63, 3.8) is 0 Å². The van der Waals surface area contributed by atoms with Crippen molar-refractivity contribution in [2.45, 2.75) is 18.1 Å². The molecule has 0 spiro atoms. The summed E-state index contributed by atoms with van der Waals surface area (Å²) in [7, 11) is 1.86. The SMILES string of the molecule is CC(=O)Nc1cccc(-c2nnc(SCC(=O)NC(c3ccccc3)c3ccccc3)n2C)c1. The van der Waals surface area contributed by atoms with Gasteiger partial charge in [0.15, 0.2) is 11.0 Å². The maximum absolute atomic E-state index is 12.9. The number of carbonyl (C=O) groups excluding carboxylic acids is 2. The zero-order valence-corrected chi connectivity index (χ0v) is 19.8. The Morgan fingerprint density at radius 3 is 2.18 bits per heavy atom. The number of carbonyl (C=O) groups is 2. The molecule has 2 amide bonds. The largest absolute Gasteiger partial charge is 0.344 e. The predicted octanol–water partition coefficient (Wildman–Crippen LogP) is 4.44. The van der Waals surface area contributed by atoms with Gasteiger partial charge < -0.3 is 15.2 Å². The first-order chi connectivity index (χ1) is 16.5. The third-order valence-corrected chi connectivity index (χ3v) is 6.20. The molecule has 0 atom stereocenters. The fourth-order valence-electron chi connectivity index (χ4n) is 3.61. The minimum absolute atomic E-state index is 0.0973. The van der Waals surface area contributed by atoms with Gasteiger partial charge in [-0.05, 0) is 23.3 Å². The molecule has 4 rings (SSSR count). The van der Waals surface area contributed by atoms with Crippen LogP contribution in [0.15, 0.2) is 90.1 Å². The van der Waals surface area contributed by atoms with Crippen LogP contribution in [-0.2, 0) is 16.6 Å². The molecule has 0 aliphatic carbocycles. The van der Waals surface area contributed by atoms with Crippen molar-refractivity contribution < 1.29 is 9.59 Å². The summed E-state index contributed by atoms with van der Waals surface area (Å²) in [6, 6.07) is 27.0. The molecule has 0 aliphatic heterocycles. The summed E-state index contributed by atoms with van der Waals surface area (Å²) in [5, 5.41) is 15.1. The standard InChI is InChI=1S/C26H25N5O2S/c1-18(32)27-22-15-9-14-21(16-22)25-29-30-26(31(25)2)34-17-23(33)28-24(19-10-5-3-6-11-19)20-12-7-4-8-13-20/h3-16,24H,17H2,1-2H3,(H,27,32)(H,28,33). The third kappa shape index (κ3) is 5.71. The fourth-order valence-corrected chi connectivity index (χ4v) is 4.34. The van der Waals surface area contributed by atoms with Gasteiger partial charge in [-0.2, -0.15) is 0 Å². The molecular formula is C26H25N5O2S. The van der Waals surface area contributed by atoms with Crippen molar-refractivity contribution >= 4 is 29.3 Å². The van der Waals surface area contributed by atoms with Crippen molar-refractivity contribution in [3.05, 3.63) is 96.1 Å². The summed E-state index contributed by atoms with van der Waals surface area (Å²) < 4.78 is 1.84. The normalized spacial score (nSPS) is 10.8. The summed E-state index contributed by atoms with van der Waals surface area (Å²) >= 11 is 1.33. The van der Waals surface area contributed by atoms with Crippen LogP contribution >= 0.6 is 11.8 Å². The number of amides is 2.